The van der Waals surface area contributed by atoms with Crippen LogP contribution in [-0.4, -0.2) is 87.0 Å². The Morgan fingerprint density at radius 3 is 2.60 bits per heavy atom. The second-order valence-corrected chi connectivity index (χ2v) is 13.7. The molecule has 3 fully saturated rings. The number of rotatable bonds is 8. The summed E-state index contributed by atoms with van der Waals surface area (Å²) in [6.45, 7) is 9.97. The molecule has 6 rings (SSSR count). The van der Waals surface area contributed by atoms with Gasteiger partial charge in [0.25, 0.3) is 5.91 Å². The summed E-state index contributed by atoms with van der Waals surface area (Å²) < 4.78 is 16.3. The van der Waals surface area contributed by atoms with E-state index in [4.69, 9.17) is 23.2 Å². The number of carbonyl (C=O) groups excluding carboxylic acids is 1. The number of nitrogens with zero attached hydrogens (tertiary/aromatic N) is 6. The molecule has 7 nitrogen and oxygen atoms in total. The highest BCUT2D eigenvalue weighted by atomic mass is 35.5. The first-order valence-corrected chi connectivity index (χ1v) is 15.7. The lowest BCUT2D eigenvalue weighted by molar-refractivity contribution is 0.0406. The van der Waals surface area contributed by atoms with Crippen LogP contribution < -0.4 is 0 Å². The number of likely N-dealkylation sites (tertiary alicyclic amines) is 1. The fourth-order valence-corrected chi connectivity index (χ4v) is 7.03. The van der Waals surface area contributed by atoms with E-state index in [0.29, 0.717) is 51.7 Å². The van der Waals surface area contributed by atoms with Gasteiger partial charge in [0, 0.05) is 56.4 Å². The lowest BCUT2D eigenvalue weighted by atomic mass is 9.94. The highest BCUT2D eigenvalue weighted by Gasteiger charge is 2.45. The van der Waals surface area contributed by atoms with E-state index in [1.807, 2.05) is 15.8 Å². The maximum Gasteiger partial charge on any atom is 0.254 e. The van der Waals surface area contributed by atoms with Crippen LogP contribution in [0.25, 0.3) is 11.1 Å². The maximum absolute atomic E-state index is 14.4. The Morgan fingerprint density at radius 2 is 1.86 bits per heavy atom. The molecule has 2 aromatic carbocycles. The van der Waals surface area contributed by atoms with Crippen molar-refractivity contribution in [2.75, 3.05) is 39.8 Å². The first-order valence-electron chi connectivity index (χ1n) is 15.0. The second kappa shape index (κ2) is 11.9. The molecule has 1 amide bonds. The normalized spacial score (nSPS) is 23.0. The van der Waals surface area contributed by atoms with Crippen molar-refractivity contribution in [2.45, 2.75) is 57.7 Å². The van der Waals surface area contributed by atoms with Crippen molar-refractivity contribution in [2.24, 2.45) is 11.8 Å². The molecule has 1 aliphatic carbocycles. The van der Waals surface area contributed by atoms with Gasteiger partial charge < -0.3 is 4.90 Å². The number of benzene rings is 2. The molecular formula is C32H39Cl2FN6O. The van der Waals surface area contributed by atoms with Crippen molar-refractivity contribution in [1.29, 1.82) is 0 Å². The van der Waals surface area contributed by atoms with Crippen molar-refractivity contribution in [3.63, 3.8) is 0 Å². The van der Waals surface area contributed by atoms with Gasteiger partial charge in [-0.15, -0.1) is 5.10 Å². The maximum atomic E-state index is 14.4. The van der Waals surface area contributed by atoms with Gasteiger partial charge in [0.15, 0.2) is 0 Å². The predicted molar refractivity (Wildman–Crippen MR) is 164 cm³/mol. The Labute approximate surface area is 257 Å². The standard InChI is InChI=1S/C32H39Cl2FN6O/c1-32(2)20-39(15-14-38(32)3)12-10-24-18-40(37-36-24)19-30-25(21-4-5-21)11-13-41(30)31(42)26-8-7-23(35)17-27(26)22-6-9-28(33)29(34)16-22/h6-9,16-18,21,25,30H,4-5,10-15,19-20H2,1-3H3. The molecule has 224 valence electrons. The third-order valence-electron chi connectivity index (χ3n) is 9.57. The number of likely N-dealkylation sites (N-methyl/N-ethyl adjacent to an activating group) is 1. The van der Waals surface area contributed by atoms with Gasteiger partial charge in [0.1, 0.15) is 5.82 Å². The summed E-state index contributed by atoms with van der Waals surface area (Å²) in [5.74, 6) is 0.557. The first kappa shape index (κ1) is 29.5. The van der Waals surface area contributed by atoms with E-state index in [9.17, 15) is 9.18 Å². The monoisotopic (exact) mass is 612 g/mol. The van der Waals surface area contributed by atoms with Crippen LogP contribution in [0.3, 0.4) is 0 Å². The number of piperazine rings is 1. The fraction of sp³-hybridized carbons (Fsp3) is 0.531. The van der Waals surface area contributed by atoms with Gasteiger partial charge in [0.2, 0.25) is 0 Å². The topological polar surface area (TPSA) is 57.5 Å². The Morgan fingerprint density at radius 1 is 1.05 bits per heavy atom. The number of aromatic nitrogens is 3. The summed E-state index contributed by atoms with van der Waals surface area (Å²) in [7, 11) is 2.19. The molecule has 10 heteroatoms. The Hall–Kier alpha value is -2.52. The van der Waals surface area contributed by atoms with Crippen molar-refractivity contribution in [3.8, 4) is 11.1 Å². The molecular weight excluding hydrogens is 574 g/mol. The molecule has 0 spiro atoms. The van der Waals surface area contributed by atoms with Crippen molar-refractivity contribution >= 4 is 29.1 Å². The van der Waals surface area contributed by atoms with Crippen LogP contribution in [0, 0.1) is 17.7 Å². The third-order valence-corrected chi connectivity index (χ3v) is 10.3. The number of hydrogen-bond donors (Lipinski definition) is 0. The molecule has 3 aromatic rings. The highest BCUT2D eigenvalue weighted by Crippen LogP contribution is 2.45. The molecule has 2 aliphatic heterocycles. The summed E-state index contributed by atoms with van der Waals surface area (Å²) in [4.78, 5) is 21.0. The van der Waals surface area contributed by atoms with Gasteiger partial charge in [-0.05, 0) is 93.5 Å². The van der Waals surface area contributed by atoms with E-state index in [0.717, 1.165) is 44.7 Å². The minimum atomic E-state index is -0.406. The zero-order chi connectivity index (χ0) is 29.6. The third kappa shape index (κ3) is 6.23. The Bertz CT molecular complexity index is 1460. The van der Waals surface area contributed by atoms with Crippen LogP contribution in [0.1, 0.15) is 49.2 Å². The Kier molecular flexibility index (Phi) is 8.35. The van der Waals surface area contributed by atoms with Crippen molar-refractivity contribution in [3.05, 3.63) is 69.7 Å². The number of amides is 1. The number of carbonyl (C=O) groups is 1. The average Bonchev–Trinajstić information content (AvgIpc) is 3.56. The Balaban J connectivity index is 1.19. The number of halogens is 3. The molecule has 1 aromatic heterocycles. The van der Waals surface area contributed by atoms with E-state index in [1.165, 1.54) is 25.0 Å². The van der Waals surface area contributed by atoms with Crippen LogP contribution in [0.4, 0.5) is 4.39 Å². The summed E-state index contributed by atoms with van der Waals surface area (Å²) in [5, 5.41) is 9.76. The molecule has 2 saturated heterocycles. The fourth-order valence-electron chi connectivity index (χ4n) is 6.74. The highest BCUT2D eigenvalue weighted by molar-refractivity contribution is 6.42. The molecule has 0 bridgehead atoms. The minimum Gasteiger partial charge on any atom is -0.333 e. The molecule has 0 N–H and O–H groups in total. The summed E-state index contributed by atoms with van der Waals surface area (Å²) >= 11 is 12.4. The molecule has 3 aliphatic rings. The van der Waals surface area contributed by atoms with Crippen LogP contribution in [-0.2, 0) is 13.0 Å². The van der Waals surface area contributed by atoms with E-state index in [1.54, 1.807) is 24.3 Å². The largest absolute Gasteiger partial charge is 0.333 e. The SMILES string of the molecule is CN1CCN(CCc2cn(CC3C(C4CC4)CCN3C(=O)c3ccc(F)cc3-c3ccc(Cl)c(Cl)c3)nn2)CC1(C)C. The van der Waals surface area contributed by atoms with Crippen molar-refractivity contribution in [1.82, 2.24) is 29.7 Å². The van der Waals surface area contributed by atoms with Gasteiger partial charge in [-0.25, -0.2) is 4.39 Å². The molecule has 0 radical (unpaired) electrons. The van der Waals surface area contributed by atoms with Gasteiger partial charge in [-0.3, -0.25) is 19.3 Å². The minimum absolute atomic E-state index is 0.00434. The molecule has 2 atom stereocenters. The predicted octanol–water partition coefficient (Wildman–Crippen LogP) is 5.90. The van der Waals surface area contributed by atoms with Crippen LogP contribution in [0.15, 0.2) is 42.6 Å². The van der Waals surface area contributed by atoms with E-state index in [-0.39, 0.29) is 17.5 Å². The van der Waals surface area contributed by atoms with E-state index < -0.39 is 5.82 Å². The van der Waals surface area contributed by atoms with Gasteiger partial charge in [-0.1, -0.05) is 34.5 Å². The molecule has 3 heterocycles. The molecule has 2 unspecified atom stereocenters. The zero-order valence-electron chi connectivity index (χ0n) is 24.6. The smallest absolute Gasteiger partial charge is 0.254 e. The average molecular weight is 614 g/mol. The lowest BCUT2D eigenvalue weighted by Crippen LogP contribution is -2.57. The quantitative estimate of drug-likeness (QED) is 0.317. The van der Waals surface area contributed by atoms with Crippen LogP contribution >= 0.6 is 23.2 Å². The summed E-state index contributed by atoms with van der Waals surface area (Å²) in [6, 6.07) is 9.48. The zero-order valence-corrected chi connectivity index (χ0v) is 26.1. The van der Waals surface area contributed by atoms with Gasteiger partial charge in [0.05, 0.1) is 28.3 Å². The molecule has 42 heavy (non-hydrogen) atoms. The molecule has 1 saturated carbocycles. The lowest BCUT2D eigenvalue weighted by Gasteiger charge is -2.45. The van der Waals surface area contributed by atoms with Crippen molar-refractivity contribution < 1.29 is 9.18 Å². The van der Waals surface area contributed by atoms with Gasteiger partial charge in [-0.2, -0.15) is 0 Å². The summed E-state index contributed by atoms with van der Waals surface area (Å²) in [5.41, 5.74) is 2.78. The number of hydrogen-bond acceptors (Lipinski definition) is 5. The second-order valence-electron chi connectivity index (χ2n) is 12.9. The van der Waals surface area contributed by atoms with Crippen LogP contribution in [0.5, 0.6) is 0 Å². The first-order chi connectivity index (χ1) is 20.1. The van der Waals surface area contributed by atoms with E-state index in [2.05, 4.69) is 41.0 Å². The summed E-state index contributed by atoms with van der Waals surface area (Å²) in [6.07, 6.45) is 6.27. The van der Waals surface area contributed by atoms with E-state index >= 15 is 0 Å². The van der Waals surface area contributed by atoms with Crippen LogP contribution in [0.2, 0.25) is 10.0 Å². The van der Waals surface area contributed by atoms with Gasteiger partial charge >= 0.3 is 0 Å².